The molecule has 1 saturated carbocycles. The van der Waals surface area contributed by atoms with E-state index < -0.39 is 0 Å². The Hall–Kier alpha value is -0.410. The van der Waals surface area contributed by atoms with Gasteiger partial charge in [-0.1, -0.05) is 12.8 Å². The third-order valence-corrected chi connectivity index (χ3v) is 3.66. The summed E-state index contributed by atoms with van der Waals surface area (Å²) in [6.45, 7) is 6.04. The Morgan fingerprint density at radius 2 is 1.81 bits per heavy atom. The molecule has 3 unspecified atom stereocenters. The lowest BCUT2D eigenvalue weighted by Gasteiger charge is -2.39. The van der Waals surface area contributed by atoms with Gasteiger partial charge in [-0.2, -0.15) is 0 Å². The number of hydrogen-bond acceptors (Lipinski definition) is 3. The molecule has 0 amide bonds. The van der Waals surface area contributed by atoms with Crippen molar-refractivity contribution in [3.05, 3.63) is 0 Å². The zero-order valence-corrected chi connectivity index (χ0v) is 10.4. The van der Waals surface area contributed by atoms with Gasteiger partial charge in [0.05, 0.1) is 18.2 Å². The zero-order chi connectivity index (χ0) is 11.5. The van der Waals surface area contributed by atoms with E-state index in [1.54, 1.807) is 0 Å². The molecule has 2 rings (SSSR count). The number of carbonyl (C=O) groups excluding carboxylic acids is 1. The van der Waals surface area contributed by atoms with Crippen LogP contribution in [0, 0.1) is 0 Å². The maximum atomic E-state index is 12.0. The van der Waals surface area contributed by atoms with Crippen LogP contribution in [0.3, 0.4) is 0 Å². The lowest BCUT2D eigenvalue weighted by Crippen LogP contribution is -2.52. The molecule has 0 aromatic rings. The van der Waals surface area contributed by atoms with E-state index in [4.69, 9.17) is 4.74 Å². The van der Waals surface area contributed by atoms with Crippen LogP contribution in [-0.4, -0.2) is 42.0 Å². The van der Waals surface area contributed by atoms with Crippen molar-refractivity contribution in [2.75, 3.05) is 13.1 Å². The van der Waals surface area contributed by atoms with Crippen LogP contribution in [0.1, 0.15) is 46.0 Å². The van der Waals surface area contributed by atoms with Crippen LogP contribution < -0.4 is 0 Å². The summed E-state index contributed by atoms with van der Waals surface area (Å²) < 4.78 is 5.72. The van der Waals surface area contributed by atoms with Gasteiger partial charge >= 0.3 is 0 Å². The van der Waals surface area contributed by atoms with E-state index in [9.17, 15) is 4.79 Å². The van der Waals surface area contributed by atoms with Gasteiger partial charge in [-0.25, -0.2) is 0 Å². The molecule has 16 heavy (non-hydrogen) atoms. The number of hydrogen-bond donors (Lipinski definition) is 0. The lowest BCUT2D eigenvalue weighted by atomic mass is 10.0. The minimum Gasteiger partial charge on any atom is -0.373 e. The fourth-order valence-electron chi connectivity index (χ4n) is 3.00. The predicted molar refractivity (Wildman–Crippen MR) is 63.5 cm³/mol. The highest BCUT2D eigenvalue weighted by Gasteiger charge is 2.32. The third-order valence-electron chi connectivity index (χ3n) is 3.66. The molecule has 0 spiro atoms. The molecule has 3 nitrogen and oxygen atoms in total. The Kier molecular flexibility index (Phi) is 3.98. The van der Waals surface area contributed by atoms with Gasteiger partial charge in [0.2, 0.25) is 0 Å². The summed E-state index contributed by atoms with van der Waals surface area (Å²) in [5.41, 5.74) is 0. The number of nitrogens with zero attached hydrogens (tertiary/aromatic N) is 1. The highest BCUT2D eigenvalue weighted by molar-refractivity contribution is 5.84. The molecule has 2 fully saturated rings. The molecule has 1 aliphatic heterocycles. The second kappa shape index (κ2) is 5.28. The van der Waals surface area contributed by atoms with Gasteiger partial charge in [-0.15, -0.1) is 0 Å². The number of ketones is 1. The number of carbonyl (C=O) groups is 1. The first-order valence-corrected chi connectivity index (χ1v) is 6.59. The van der Waals surface area contributed by atoms with Gasteiger partial charge in [0, 0.05) is 19.5 Å². The fraction of sp³-hybridized carbons (Fsp3) is 0.923. The lowest BCUT2D eigenvalue weighted by molar-refractivity contribution is -0.130. The van der Waals surface area contributed by atoms with E-state index in [0.29, 0.717) is 5.78 Å². The second-order valence-electron chi connectivity index (χ2n) is 5.29. The summed E-state index contributed by atoms with van der Waals surface area (Å²) in [5.74, 6) is 0.457. The molecule has 0 radical (unpaired) electrons. The standard InChI is InChI=1S/C13H23NO2/c1-10-8-14(9-11(2)16-10)12-6-4-3-5-7-13(12)15/h10-12H,3-9H2,1-2H3. The molecule has 0 aromatic carbocycles. The van der Waals surface area contributed by atoms with E-state index in [2.05, 4.69) is 18.7 Å². The van der Waals surface area contributed by atoms with Crippen LogP contribution in [0.2, 0.25) is 0 Å². The topological polar surface area (TPSA) is 29.5 Å². The maximum Gasteiger partial charge on any atom is 0.149 e. The number of Topliss-reactive ketones (excluding diaryl/α,β-unsaturated/α-hetero) is 1. The van der Waals surface area contributed by atoms with Gasteiger partial charge in [-0.3, -0.25) is 9.69 Å². The summed E-state index contributed by atoms with van der Waals surface area (Å²) in [5, 5.41) is 0. The van der Waals surface area contributed by atoms with Gasteiger partial charge < -0.3 is 4.74 Å². The Bertz CT molecular complexity index is 244. The minimum absolute atomic E-state index is 0.177. The molecule has 1 saturated heterocycles. The summed E-state index contributed by atoms with van der Waals surface area (Å²) in [6.07, 6.45) is 5.88. The Balaban J connectivity index is 2.01. The third kappa shape index (κ3) is 2.83. The van der Waals surface area contributed by atoms with Crippen LogP contribution in [0.15, 0.2) is 0 Å². The van der Waals surface area contributed by atoms with Gasteiger partial charge in [0.15, 0.2) is 0 Å². The quantitative estimate of drug-likeness (QED) is 0.639. The van der Waals surface area contributed by atoms with E-state index in [1.165, 1.54) is 12.8 Å². The smallest absolute Gasteiger partial charge is 0.149 e. The van der Waals surface area contributed by atoms with Crippen molar-refractivity contribution < 1.29 is 9.53 Å². The molecule has 1 aliphatic carbocycles. The van der Waals surface area contributed by atoms with E-state index in [-0.39, 0.29) is 18.2 Å². The van der Waals surface area contributed by atoms with Crippen LogP contribution in [0.4, 0.5) is 0 Å². The molecule has 3 heteroatoms. The van der Waals surface area contributed by atoms with Crippen LogP contribution in [0.5, 0.6) is 0 Å². The highest BCUT2D eigenvalue weighted by Crippen LogP contribution is 2.22. The molecule has 0 bridgehead atoms. The zero-order valence-electron chi connectivity index (χ0n) is 10.4. The summed E-state index contributed by atoms with van der Waals surface area (Å²) >= 11 is 0. The first kappa shape index (κ1) is 12.1. The maximum absolute atomic E-state index is 12.0. The molecule has 0 aromatic heterocycles. The Morgan fingerprint density at radius 3 is 2.50 bits per heavy atom. The van der Waals surface area contributed by atoms with E-state index in [0.717, 1.165) is 32.4 Å². The van der Waals surface area contributed by atoms with Crippen molar-refractivity contribution >= 4 is 5.78 Å². The predicted octanol–water partition coefficient (Wildman–Crippen LogP) is 2.00. The molecule has 3 atom stereocenters. The van der Waals surface area contributed by atoms with Crippen molar-refractivity contribution in [2.24, 2.45) is 0 Å². The molecular formula is C13H23NO2. The summed E-state index contributed by atoms with van der Waals surface area (Å²) in [6, 6.07) is 0.177. The number of morpholine rings is 1. The largest absolute Gasteiger partial charge is 0.373 e. The summed E-state index contributed by atoms with van der Waals surface area (Å²) in [7, 11) is 0. The van der Waals surface area contributed by atoms with E-state index >= 15 is 0 Å². The Morgan fingerprint density at radius 1 is 1.12 bits per heavy atom. The molecule has 92 valence electrons. The van der Waals surface area contributed by atoms with Crippen LogP contribution >= 0.6 is 0 Å². The number of ether oxygens (including phenoxy) is 1. The summed E-state index contributed by atoms with van der Waals surface area (Å²) in [4.78, 5) is 14.4. The first-order chi connectivity index (χ1) is 7.66. The average molecular weight is 225 g/mol. The van der Waals surface area contributed by atoms with Gasteiger partial charge in [0.1, 0.15) is 5.78 Å². The second-order valence-corrected chi connectivity index (χ2v) is 5.29. The van der Waals surface area contributed by atoms with Crippen molar-refractivity contribution in [3.8, 4) is 0 Å². The van der Waals surface area contributed by atoms with Crippen molar-refractivity contribution in [1.29, 1.82) is 0 Å². The molecular weight excluding hydrogens is 202 g/mol. The first-order valence-electron chi connectivity index (χ1n) is 6.59. The van der Waals surface area contributed by atoms with Gasteiger partial charge in [0.25, 0.3) is 0 Å². The van der Waals surface area contributed by atoms with Crippen molar-refractivity contribution in [2.45, 2.75) is 64.2 Å². The highest BCUT2D eigenvalue weighted by atomic mass is 16.5. The number of rotatable bonds is 1. The van der Waals surface area contributed by atoms with E-state index in [1.807, 2.05) is 0 Å². The Labute approximate surface area is 98.1 Å². The fourth-order valence-corrected chi connectivity index (χ4v) is 3.00. The average Bonchev–Trinajstić information content (AvgIpc) is 2.41. The van der Waals surface area contributed by atoms with Gasteiger partial charge in [-0.05, 0) is 26.7 Å². The van der Waals surface area contributed by atoms with Crippen LogP contribution in [0.25, 0.3) is 0 Å². The normalized spacial score (nSPS) is 38.4. The van der Waals surface area contributed by atoms with Crippen molar-refractivity contribution in [1.82, 2.24) is 4.90 Å². The molecule has 2 aliphatic rings. The monoisotopic (exact) mass is 225 g/mol. The molecule has 0 N–H and O–H groups in total. The van der Waals surface area contributed by atoms with Crippen molar-refractivity contribution in [3.63, 3.8) is 0 Å². The minimum atomic E-state index is 0.177. The SMILES string of the molecule is CC1CN(C2CCCCCC2=O)CC(C)O1. The van der Waals surface area contributed by atoms with Crippen LogP contribution in [-0.2, 0) is 9.53 Å². The molecule has 1 heterocycles.